The number of carbonyl (C=O) groups excluding carboxylic acids is 2. The second-order valence-corrected chi connectivity index (χ2v) is 8.71. The maximum atomic E-state index is 13.7. The maximum absolute atomic E-state index is 13.7. The van der Waals surface area contributed by atoms with Crippen LogP contribution in [0.25, 0.3) is 0 Å². The number of rotatable bonds is 9. The zero-order chi connectivity index (χ0) is 23.8. The predicted molar refractivity (Wildman–Crippen MR) is 134 cm³/mol. The van der Waals surface area contributed by atoms with E-state index in [0.29, 0.717) is 19.5 Å². The van der Waals surface area contributed by atoms with Gasteiger partial charge in [-0.3, -0.25) is 9.59 Å². The van der Waals surface area contributed by atoms with Crippen molar-refractivity contribution in [3.63, 3.8) is 0 Å². The van der Waals surface area contributed by atoms with Crippen LogP contribution in [0.3, 0.4) is 0 Å². The van der Waals surface area contributed by atoms with E-state index in [4.69, 9.17) is 0 Å². The fraction of sp³-hybridized carbons (Fsp3) is 0.310. The highest BCUT2D eigenvalue weighted by Gasteiger charge is 2.30. The van der Waals surface area contributed by atoms with Gasteiger partial charge in [0.25, 0.3) is 0 Å². The number of carbonyl (C=O) groups is 2. The molecule has 0 saturated heterocycles. The van der Waals surface area contributed by atoms with Gasteiger partial charge in [-0.15, -0.1) is 0 Å². The van der Waals surface area contributed by atoms with Gasteiger partial charge in [0.2, 0.25) is 11.8 Å². The van der Waals surface area contributed by atoms with Crippen molar-refractivity contribution in [1.29, 1.82) is 0 Å². The first-order chi connectivity index (χ1) is 15.9. The third-order valence-electron chi connectivity index (χ3n) is 5.98. The molecule has 1 N–H and O–H groups in total. The van der Waals surface area contributed by atoms with Crippen LogP contribution < -0.4 is 5.32 Å². The van der Waals surface area contributed by atoms with Gasteiger partial charge < -0.3 is 10.2 Å². The van der Waals surface area contributed by atoms with Gasteiger partial charge in [0.05, 0.1) is 6.42 Å². The number of nitrogens with zero attached hydrogens (tertiary/aromatic N) is 1. The molecule has 4 heteroatoms. The Bertz CT molecular complexity index is 1090. The molecule has 0 heterocycles. The Morgan fingerprint density at radius 3 is 2.21 bits per heavy atom. The summed E-state index contributed by atoms with van der Waals surface area (Å²) >= 11 is 0. The summed E-state index contributed by atoms with van der Waals surface area (Å²) in [5, 5.41) is 2.95. The minimum absolute atomic E-state index is 0.0491. The van der Waals surface area contributed by atoms with Crippen LogP contribution in [0, 0.1) is 20.8 Å². The smallest absolute Gasteiger partial charge is 0.243 e. The molecule has 4 nitrogen and oxygen atoms in total. The molecule has 0 aromatic heterocycles. The second-order valence-electron chi connectivity index (χ2n) is 8.71. The number of likely N-dealkylation sites (N-methyl/N-ethyl adjacent to an activating group) is 1. The minimum Gasteiger partial charge on any atom is -0.355 e. The Kier molecular flexibility index (Phi) is 8.42. The minimum atomic E-state index is -0.591. The van der Waals surface area contributed by atoms with Crippen LogP contribution in [0.1, 0.15) is 40.3 Å². The molecule has 33 heavy (non-hydrogen) atoms. The zero-order valence-electron chi connectivity index (χ0n) is 20.1. The van der Waals surface area contributed by atoms with Crippen molar-refractivity contribution >= 4 is 11.8 Å². The van der Waals surface area contributed by atoms with Gasteiger partial charge in [0.15, 0.2) is 0 Å². The van der Waals surface area contributed by atoms with Crippen molar-refractivity contribution in [2.75, 3.05) is 6.54 Å². The maximum Gasteiger partial charge on any atom is 0.243 e. The lowest BCUT2D eigenvalue weighted by atomic mass is 10.00. The van der Waals surface area contributed by atoms with Crippen molar-refractivity contribution in [2.24, 2.45) is 0 Å². The van der Waals surface area contributed by atoms with Gasteiger partial charge in [-0.2, -0.15) is 0 Å². The molecule has 0 aliphatic carbocycles. The summed E-state index contributed by atoms with van der Waals surface area (Å²) in [6, 6.07) is 23.5. The number of hydrogen-bond donors (Lipinski definition) is 1. The molecule has 3 rings (SSSR count). The molecule has 3 aromatic rings. The molecule has 0 bridgehead atoms. The van der Waals surface area contributed by atoms with Crippen LogP contribution in [0.5, 0.6) is 0 Å². The van der Waals surface area contributed by atoms with E-state index in [1.165, 1.54) is 5.56 Å². The summed E-state index contributed by atoms with van der Waals surface area (Å²) in [7, 11) is 0. The SMILES string of the molecule is CCNC(=O)[C@@H](Cc1ccccc1)N(Cc1cccc(C)c1)C(=O)Cc1ccc(C)c(C)c1. The summed E-state index contributed by atoms with van der Waals surface area (Å²) in [4.78, 5) is 28.6. The fourth-order valence-corrected chi connectivity index (χ4v) is 4.04. The summed E-state index contributed by atoms with van der Waals surface area (Å²) < 4.78 is 0. The van der Waals surface area contributed by atoms with Crippen LogP contribution in [-0.4, -0.2) is 29.3 Å². The lowest BCUT2D eigenvalue weighted by molar-refractivity contribution is -0.140. The van der Waals surface area contributed by atoms with Gasteiger partial charge in [-0.25, -0.2) is 0 Å². The van der Waals surface area contributed by atoms with Crippen molar-refractivity contribution < 1.29 is 9.59 Å². The highest BCUT2D eigenvalue weighted by Crippen LogP contribution is 2.18. The number of amides is 2. The van der Waals surface area contributed by atoms with E-state index in [1.54, 1.807) is 4.90 Å². The molecule has 0 saturated carbocycles. The zero-order valence-corrected chi connectivity index (χ0v) is 20.1. The molecule has 0 spiro atoms. The van der Waals surface area contributed by atoms with Crippen LogP contribution in [0.15, 0.2) is 72.8 Å². The topological polar surface area (TPSA) is 49.4 Å². The number of nitrogens with one attached hydrogen (secondary N) is 1. The summed E-state index contributed by atoms with van der Waals surface area (Å²) in [6.07, 6.45) is 0.731. The van der Waals surface area contributed by atoms with E-state index in [-0.39, 0.29) is 18.2 Å². The number of hydrogen-bond acceptors (Lipinski definition) is 2. The predicted octanol–water partition coefficient (Wildman–Crippen LogP) is 4.93. The average Bonchev–Trinajstić information content (AvgIpc) is 2.79. The molecule has 3 aromatic carbocycles. The Balaban J connectivity index is 1.96. The molecular weight excluding hydrogens is 408 g/mol. The first kappa shape index (κ1) is 24.2. The third-order valence-corrected chi connectivity index (χ3v) is 5.98. The third kappa shape index (κ3) is 6.79. The molecule has 172 valence electrons. The van der Waals surface area contributed by atoms with Crippen molar-refractivity contribution in [2.45, 2.75) is 53.1 Å². The van der Waals surface area contributed by atoms with Crippen molar-refractivity contribution in [1.82, 2.24) is 10.2 Å². The highest BCUT2D eigenvalue weighted by atomic mass is 16.2. The van der Waals surface area contributed by atoms with Crippen LogP contribution in [-0.2, 0) is 29.0 Å². The first-order valence-electron chi connectivity index (χ1n) is 11.6. The monoisotopic (exact) mass is 442 g/mol. The first-order valence-corrected chi connectivity index (χ1v) is 11.6. The standard InChI is InChI=1S/C29H34N2O2/c1-5-30-29(33)27(18-24-11-7-6-8-12-24)31(20-26-13-9-10-21(2)16-26)28(32)19-25-15-14-22(3)23(4)17-25/h6-17,27H,5,18-20H2,1-4H3,(H,30,33)/t27-/m1/s1. The molecular formula is C29H34N2O2. The van der Waals surface area contributed by atoms with Crippen molar-refractivity contribution in [3.05, 3.63) is 106 Å². The Hall–Kier alpha value is -3.40. The van der Waals surface area contributed by atoms with E-state index < -0.39 is 6.04 Å². The Morgan fingerprint density at radius 1 is 0.818 bits per heavy atom. The van der Waals surface area contributed by atoms with Crippen LogP contribution in [0.2, 0.25) is 0 Å². The molecule has 0 aliphatic rings. The normalized spacial score (nSPS) is 11.6. The lowest BCUT2D eigenvalue weighted by Crippen LogP contribution is -2.50. The van der Waals surface area contributed by atoms with E-state index in [2.05, 4.69) is 31.3 Å². The van der Waals surface area contributed by atoms with Gasteiger partial charge in [-0.05, 0) is 55.5 Å². The molecule has 1 atom stereocenters. The number of benzene rings is 3. The largest absolute Gasteiger partial charge is 0.355 e. The summed E-state index contributed by atoms with van der Waals surface area (Å²) in [5.41, 5.74) is 6.51. The summed E-state index contributed by atoms with van der Waals surface area (Å²) in [5.74, 6) is -0.172. The van der Waals surface area contributed by atoms with Gasteiger partial charge >= 0.3 is 0 Å². The van der Waals surface area contributed by atoms with Gasteiger partial charge in [-0.1, -0.05) is 78.4 Å². The van der Waals surface area contributed by atoms with E-state index in [0.717, 1.165) is 27.8 Å². The summed E-state index contributed by atoms with van der Waals surface area (Å²) in [6.45, 7) is 8.97. The lowest BCUT2D eigenvalue weighted by Gasteiger charge is -2.31. The van der Waals surface area contributed by atoms with E-state index in [9.17, 15) is 9.59 Å². The molecule has 0 unspecified atom stereocenters. The van der Waals surface area contributed by atoms with E-state index >= 15 is 0 Å². The van der Waals surface area contributed by atoms with Gasteiger partial charge in [0.1, 0.15) is 6.04 Å². The quantitative estimate of drug-likeness (QED) is 0.511. The van der Waals surface area contributed by atoms with E-state index in [1.807, 2.05) is 74.5 Å². The fourth-order valence-electron chi connectivity index (χ4n) is 4.04. The molecule has 0 fully saturated rings. The second kappa shape index (κ2) is 11.5. The highest BCUT2D eigenvalue weighted by molar-refractivity contribution is 5.88. The molecule has 0 radical (unpaired) electrons. The molecule has 2 amide bonds. The molecule has 0 aliphatic heterocycles. The van der Waals surface area contributed by atoms with Crippen LogP contribution >= 0.6 is 0 Å². The van der Waals surface area contributed by atoms with Crippen molar-refractivity contribution in [3.8, 4) is 0 Å². The number of aryl methyl sites for hydroxylation is 3. The Morgan fingerprint density at radius 2 is 1.55 bits per heavy atom. The average molecular weight is 443 g/mol. The Labute approximate surface area is 197 Å². The van der Waals surface area contributed by atoms with Gasteiger partial charge in [0, 0.05) is 19.5 Å². The van der Waals surface area contributed by atoms with Crippen LogP contribution in [0.4, 0.5) is 0 Å².